The van der Waals surface area contributed by atoms with Crippen LogP contribution in [0.25, 0.3) is 11.1 Å². The van der Waals surface area contributed by atoms with Crippen LogP contribution in [-0.4, -0.2) is 0 Å². The summed E-state index contributed by atoms with van der Waals surface area (Å²) in [5.74, 6) is 0. The number of rotatable bonds is 2. The van der Waals surface area contributed by atoms with Crippen molar-refractivity contribution in [3.8, 4) is 11.1 Å². The molecular formula is C18H22. The first-order valence-corrected chi connectivity index (χ1v) is 6.70. The van der Waals surface area contributed by atoms with E-state index in [9.17, 15) is 0 Å². The van der Waals surface area contributed by atoms with Crippen LogP contribution in [0, 0.1) is 27.7 Å². The van der Waals surface area contributed by atoms with Gasteiger partial charge in [-0.25, -0.2) is 0 Å². The summed E-state index contributed by atoms with van der Waals surface area (Å²) in [7, 11) is 0. The molecule has 0 heterocycles. The van der Waals surface area contributed by atoms with Crippen molar-refractivity contribution in [3.63, 3.8) is 0 Å². The molecular weight excluding hydrogens is 216 g/mol. The molecule has 0 bridgehead atoms. The van der Waals surface area contributed by atoms with Crippen LogP contribution in [0.15, 0.2) is 30.3 Å². The highest BCUT2D eigenvalue weighted by Gasteiger charge is 2.06. The topological polar surface area (TPSA) is 0 Å². The van der Waals surface area contributed by atoms with Gasteiger partial charge in [0.2, 0.25) is 0 Å². The Bertz CT molecular complexity index is 577. The van der Waals surface area contributed by atoms with Gasteiger partial charge >= 0.3 is 0 Å². The van der Waals surface area contributed by atoms with Gasteiger partial charge in [0, 0.05) is 0 Å². The van der Waals surface area contributed by atoms with E-state index in [1.165, 1.54) is 38.9 Å². The molecule has 0 aliphatic heterocycles. The summed E-state index contributed by atoms with van der Waals surface area (Å²) < 4.78 is 0. The Morgan fingerprint density at radius 1 is 0.722 bits per heavy atom. The molecule has 0 saturated heterocycles. The standard InChI is InChI=1S/C18H22/c1-6-16-7-8-17(10-14(16)4)18-11-13(3)12(2)9-15(18)5/h7-11H,6H2,1-5H3. The van der Waals surface area contributed by atoms with Crippen LogP contribution >= 0.6 is 0 Å². The highest BCUT2D eigenvalue weighted by molar-refractivity contribution is 5.69. The van der Waals surface area contributed by atoms with Gasteiger partial charge in [0.1, 0.15) is 0 Å². The molecule has 0 spiro atoms. The lowest BCUT2D eigenvalue weighted by Gasteiger charge is -2.12. The van der Waals surface area contributed by atoms with Crippen molar-refractivity contribution in [2.75, 3.05) is 0 Å². The van der Waals surface area contributed by atoms with E-state index in [4.69, 9.17) is 0 Å². The Morgan fingerprint density at radius 2 is 1.39 bits per heavy atom. The number of hydrogen-bond acceptors (Lipinski definition) is 0. The van der Waals surface area contributed by atoms with Crippen molar-refractivity contribution in [3.05, 3.63) is 58.1 Å². The minimum Gasteiger partial charge on any atom is -0.0613 e. The quantitative estimate of drug-likeness (QED) is 0.678. The Balaban J connectivity index is 2.55. The first kappa shape index (κ1) is 12.9. The largest absolute Gasteiger partial charge is 0.0613 e. The minimum atomic E-state index is 1.11. The predicted octanol–water partition coefficient (Wildman–Crippen LogP) is 5.15. The van der Waals surface area contributed by atoms with E-state index in [0.717, 1.165) is 6.42 Å². The first-order chi connectivity index (χ1) is 8.52. The van der Waals surface area contributed by atoms with Crippen molar-refractivity contribution < 1.29 is 0 Å². The van der Waals surface area contributed by atoms with Crippen LogP contribution in [-0.2, 0) is 6.42 Å². The summed E-state index contributed by atoms with van der Waals surface area (Å²) in [4.78, 5) is 0. The first-order valence-electron chi connectivity index (χ1n) is 6.70. The predicted molar refractivity (Wildman–Crippen MR) is 80.2 cm³/mol. The molecule has 2 rings (SSSR count). The van der Waals surface area contributed by atoms with Crippen molar-refractivity contribution in [2.24, 2.45) is 0 Å². The Kier molecular flexibility index (Phi) is 3.56. The molecule has 0 nitrogen and oxygen atoms in total. The molecule has 0 atom stereocenters. The fourth-order valence-corrected chi connectivity index (χ4v) is 2.53. The molecule has 0 amide bonds. The molecule has 0 N–H and O–H groups in total. The normalized spacial score (nSPS) is 10.7. The van der Waals surface area contributed by atoms with Gasteiger partial charge in [-0.15, -0.1) is 0 Å². The minimum absolute atomic E-state index is 1.11. The van der Waals surface area contributed by atoms with E-state index in [1.54, 1.807) is 0 Å². The summed E-state index contributed by atoms with van der Waals surface area (Å²) in [6.45, 7) is 11.0. The summed E-state index contributed by atoms with van der Waals surface area (Å²) in [5.41, 5.74) is 9.65. The maximum Gasteiger partial charge on any atom is -0.0152 e. The van der Waals surface area contributed by atoms with Crippen LogP contribution in [0.2, 0.25) is 0 Å². The van der Waals surface area contributed by atoms with E-state index in [2.05, 4.69) is 65.0 Å². The van der Waals surface area contributed by atoms with Crippen molar-refractivity contribution in [2.45, 2.75) is 41.0 Å². The van der Waals surface area contributed by atoms with Gasteiger partial charge in [-0.3, -0.25) is 0 Å². The summed E-state index contributed by atoms with van der Waals surface area (Å²) in [6, 6.07) is 11.4. The summed E-state index contributed by atoms with van der Waals surface area (Å²) in [6.07, 6.45) is 1.11. The molecule has 0 radical (unpaired) electrons. The third kappa shape index (κ3) is 2.33. The van der Waals surface area contributed by atoms with E-state index in [0.29, 0.717) is 0 Å². The number of aryl methyl sites for hydroxylation is 5. The Labute approximate surface area is 111 Å². The molecule has 0 saturated carbocycles. The second-order valence-corrected chi connectivity index (χ2v) is 5.25. The van der Waals surface area contributed by atoms with E-state index >= 15 is 0 Å². The molecule has 0 aliphatic carbocycles. The number of hydrogen-bond donors (Lipinski definition) is 0. The van der Waals surface area contributed by atoms with Gasteiger partial charge < -0.3 is 0 Å². The average Bonchev–Trinajstić information content (AvgIpc) is 2.33. The zero-order chi connectivity index (χ0) is 13.3. The summed E-state index contributed by atoms with van der Waals surface area (Å²) >= 11 is 0. The van der Waals surface area contributed by atoms with Crippen molar-refractivity contribution >= 4 is 0 Å². The van der Waals surface area contributed by atoms with Gasteiger partial charge in [-0.05, 0) is 73.1 Å². The SMILES string of the molecule is CCc1ccc(-c2cc(C)c(C)cc2C)cc1C. The van der Waals surface area contributed by atoms with Crippen LogP contribution in [0.4, 0.5) is 0 Å². The highest BCUT2D eigenvalue weighted by Crippen LogP contribution is 2.28. The summed E-state index contributed by atoms with van der Waals surface area (Å²) in [5, 5.41) is 0. The van der Waals surface area contributed by atoms with Gasteiger partial charge in [-0.1, -0.05) is 37.3 Å². The average molecular weight is 238 g/mol. The molecule has 94 valence electrons. The fourth-order valence-electron chi connectivity index (χ4n) is 2.53. The van der Waals surface area contributed by atoms with Crippen LogP contribution < -0.4 is 0 Å². The molecule has 18 heavy (non-hydrogen) atoms. The number of benzene rings is 2. The molecule has 0 aromatic heterocycles. The van der Waals surface area contributed by atoms with Crippen LogP contribution in [0.1, 0.15) is 34.7 Å². The van der Waals surface area contributed by atoms with Gasteiger partial charge in [0.15, 0.2) is 0 Å². The third-order valence-electron chi connectivity index (χ3n) is 3.88. The molecule has 0 unspecified atom stereocenters. The lowest BCUT2D eigenvalue weighted by molar-refractivity contribution is 1.11. The van der Waals surface area contributed by atoms with Crippen LogP contribution in [0.3, 0.4) is 0 Å². The maximum atomic E-state index is 2.32. The van der Waals surface area contributed by atoms with Crippen molar-refractivity contribution in [1.29, 1.82) is 0 Å². The highest BCUT2D eigenvalue weighted by atomic mass is 14.1. The Morgan fingerprint density at radius 3 is 2.00 bits per heavy atom. The Hall–Kier alpha value is -1.56. The third-order valence-corrected chi connectivity index (χ3v) is 3.88. The second-order valence-electron chi connectivity index (χ2n) is 5.25. The lowest BCUT2D eigenvalue weighted by Crippen LogP contribution is -1.91. The van der Waals surface area contributed by atoms with Gasteiger partial charge in [-0.2, -0.15) is 0 Å². The molecule has 2 aromatic rings. The van der Waals surface area contributed by atoms with E-state index in [1.807, 2.05) is 0 Å². The van der Waals surface area contributed by atoms with Crippen molar-refractivity contribution in [1.82, 2.24) is 0 Å². The zero-order valence-corrected chi connectivity index (χ0v) is 12.1. The maximum absolute atomic E-state index is 2.32. The fraction of sp³-hybridized carbons (Fsp3) is 0.333. The molecule has 2 aromatic carbocycles. The lowest BCUT2D eigenvalue weighted by atomic mass is 9.93. The smallest absolute Gasteiger partial charge is 0.0152 e. The molecule has 0 fully saturated rings. The molecule has 0 aliphatic rings. The monoisotopic (exact) mass is 238 g/mol. The second kappa shape index (κ2) is 4.97. The van der Waals surface area contributed by atoms with E-state index < -0.39 is 0 Å². The zero-order valence-electron chi connectivity index (χ0n) is 12.1. The van der Waals surface area contributed by atoms with E-state index in [-0.39, 0.29) is 0 Å². The van der Waals surface area contributed by atoms with Gasteiger partial charge in [0.25, 0.3) is 0 Å². The van der Waals surface area contributed by atoms with Gasteiger partial charge in [0.05, 0.1) is 0 Å². The van der Waals surface area contributed by atoms with Crippen LogP contribution in [0.5, 0.6) is 0 Å². The molecule has 0 heteroatoms.